The van der Waals surface area contributed by atoms with Crippen LogP contribution in [0.25, 0.3) is 0 Å². The monoisotopic (exact) mass is 382 g/mol. The molecule has 0 aromatic heterocycles. The van der Waals surface area contributed by atoms with Gasteiger partial charge in [-0.15, -0.1) is 0 Å². The van der Waals surface area contributed by atoms with Crippen molar-refractivity contribution in [1.29, 1.82) is 0 Å². The Labute approximate surface area is 173 Å². The molecule has 28 heavy (non-hydrogen) atoms. The van der Waals surface area contributed by atoms with Crippen LogP contribution in [0.2, 0.25) is 0 Å². The molecule has 4 rings (SSSR count). The van der Waals surface area contributed by atoms with E-state index in [1.165, 1.54) is 75.2 Å². The first-order valence-corrected chi connectivity index (χ1v) is 12.2. The van der Waals surface area contributed by atoms with Gasteiger partial charge in [-0.2, -0.15) is 0 Å². The summed E-state index contributed by atoms with van der Waals surface area (Å²) in [5, 5.41) is 0. The molecule has 4 aliphatic carbocycles. The highest BCUT2D eigenvalue weighted by Crippen LogP contribution is 2.69. The largest absolute Gasteiger partial charge is 0.298 e. The molecule has 156 valence electrons. The Morgan fingerprint density at radius 2 is 1.86 bits per heavy atom. The first kappa shape index (κ1) is 20.4. The van der Waals surface area contributed by atoms with Gasteiger partial charge in [0.15, 0.2) is 0 Å². The van der Waals surface area contributed by atoms with Crippen LogP contribution in [-0.2, 0) is 4.79 Å². The van der Waals surface area contributed by atoms with Crippen LogP contribution in [-0.4, -0.2) is 6.29 Å². The number of rotatable bonds is 6. The van der Waals surface area contributed by atoms with E-state index < -0.39 is 0 Å². The number of carbonyl (C=O) groups excluding carboxylic acids is 1. The predicted octanol–water partition coefficient (Wildman–Crippen LogP) is 7.37. The normalized spacial score (nSPS) is 43.1. The average Bonchev–Trinajstić information content (AvgIpc) is 3.12. The summed E-state index contributed by atoms with van der Waals surface area (Å²) in [6.07, 6.45) is 17.9. The molecule has 0 aliphatic heterocycles. The number of hydrogen-bond acceptors (Lipinski definition) is 1. The topological polar surface area (TPSA) is 17.1 Å². The third-order valence-electron chi connectivity index (χ3n) is 9.82. The van der Waals surface area contributed by atoms with E-state index in [1.807, 2.05) is 0 Å². The van der Waals surface area contributed by atoms with Gasteiger partial charge in [-0.25, -0.2) is 0 Å². The maximum Gasteiger partial charge on any atom is 0.146 e. The Kier molecular flexibility index (Phi) is 5.43. The summed E-state index contributed by atoms with van der Waals surface area (Å²) in [6, 6.07) is 0. The zero-order chi connectivity index (χ0) is 20.1. The van der Waals surface area contributed by atoms with Crippen molar-refractivity contribution >= 4 is 6.29 Å². The third-order valence-corrected chi connectivity index (χ3v) is 9.82. The molecule has 0 amide bonds. The van der Waals surface area contributed by atoms with Gasteiger partial charge in [0.1, 0.15) is 6.29 Å². The molecule has 0 aromatic carbocycles. The Morgan fingerprint density at radius 1 is 1.07 bits per heavy atom. The van der Waals surface area contributed by atoms with Crippen LogP contribution in [0.4, 0.5) is 0 Å². The minimum absolute atomic E-state index is 0.262. The Balaban J connectivity index is 1.58. The summed E-state index contributed by atoms with van der Waals surface area (Å²) in [5.74, 6) is 4.48. The molecule has 0 unspecified atom stereocenters. The van der Waals surface area contributed by atoms with Crippen LogP contribution in [0, 0.1) is 46.3 Å². The van der Waals surface area contributed by atoms with Gasteiger partial charge in [0.2, 0.25) is 0 Å². The molecule has 0 bridgehead atoms. The molecule has 1 heteroatoms. The zero-order valence-electron chi connectivity index (χ0n) is 19.0. The molecule has 0 aromatic rings. The smallest absolute Gasteiger partial charge is 0.146 e. The maximum atomic E-state index is 12.3. The van der Waals surface area contributed by atoms with Gasteiger partial charge < -0.3 is 0 Å². The van der Waals surface area contributed by atoms with Crippen molar-refractivity contribution in [2.75, 3.05) is 0 Å². The van der Waals surface area contributed by atoms with E-state index in [9.17, 15) is 4.79 Å². The molecule has 0 N–H and O–H groups in total. The molecular formula is C27H42O. The minimum Gasteiger partial charge on any atom is -0.298 e. The molecule has 4 aliphatic rings. The van der Waals surface area contributed by atoms with E-state index >= 15 is 0 Å². The lowest BCUT2D eigenvalue weighted by Crippen LogP contribution is -2.45. The average molecular weight is 383 g/mol. The lowest BCUT2D eigenvalue weighted by atomic mass is 9.53. The van der Waals surface area contributed by atoms with E-state index in [4.69, 9.17) is 0 Å². The lowest BCUT2D eigenvalue weighted by molar-refractivity contribution is -0.106. The summed E-state index contributed by atoms with van der Waals surface area (Å²) >= 11 is 0. The van der Waals surface area contributed by atoms with Crippen LogP contribution in [0.5, 0.6) is 0 Å². The van der Waals surface area contributed by atoms with Crippen molar-refractivity contribution < 1.29 is 4.79 Å². The van der Waals surface area contributed by atoms with Gasteiger partial charge in [0.05, 0.1) is 0 Å². The van der Waals surface area contributed by atoms with Crippen molar-refractivity contribution in [3.63, 3.8) is 0 Å². The summed E-state index contributed by atoms with van der Waals surface area (Å²) in [5.41, 5.74) is 3.33. The molecule has 0 spiro atoms. The van der Waals surface area contributed by atoms with Crippen molar-refractivity contribution in [3.05, 3.63) is 23.3 Å². The molecular weight excluding hydrogens is 340 g/mol. The minimum atomic E-state index is 0.262. The third kappa shape index (κ3) is 2.98. The van der Waals surface area contributed by atoms with Crippen LogP contribution < -0.4 is 0 Å². The SMILES string of the molecule is CC(C)CCC[C@@H](C)[C@H]1CC[C@H]2[C@@H]3C(C=O)=C4C=CCC[C@]4(C)[C@H]3CC[C@]12C. The molecule has 2 fully saturated rings. The predicted molar refractivity (Wildman–Crippen MR) is 118 cm³/mol. The van der Waals surface area contributed by atoms with E-state index in [1.54, 1.807) is 0 Å². The highest BCUT2D eigenvalue weighted by molar-refractivity contribution is 5.79. The molecule has 0 radical (unpaired) electrons. The number of hydrogen-bond donors (Lipinski definition) is 0. The summed E-state index contributed by atoms with van der Waals surface area (Å²) < 4.78 is 0. The zero-order valence-corrected chi connectivity index (χ0v) is 19.0. The Morgan fingerprint density at radius 3 is 2.57 bits per heavy atom. The van der Waals surface area contributed by atoms with Crippen molar-refractivity contribution in [3.8, 4) is 0 Å². The quantitative estimate of drug-likeness (QED) is 0.438. The first-order valence-electron chi connectivity index (χ1n) is 12.2. The summed E-state index contributed by atoms with van der Waals surface area (Å²) in [4.78, 5) is 12.3. The number of carbonyl (C=O) groups is 1. The highest BCUT2D eigenvalue weighted by atomic mass is 16.1. The second kappa shape index (κ2) is 7.44. The number of allylic oxidation sites excluding steroid dienone is 4. The van der Waals surface area contributed by atoms with Crippen molar-refractivity contribution in [2.45, 2.75) is 92.4 Å². The van der Waals surface area contributed by atoms with Gasteiger partial charge >= 0.3 is 0 Å². The number of fused-ring (bicyclic) bond motifs is 5. The van der Waals surface area contributed by atoms with Crippen molar-refractivity contribution in [1.82, 2.24) is 0 Å². The van der Waals surface area contributed by atoms with Crippen LogP contribution >= 0.6 is 0 Å². The Hall–Kier alpha value is -0.850. The second-order valence-corrected chi connectivity index (χ2v) is 11.6. The van der Waals surface area contributed by atoms with Gasteiger partial charge in [-0.05, 0) is 96.0 Å². The van der Waals surface area contributed by atoms with Crippen LogP contribution in [0.1, 0.15) is 92.4 Å². The molecule has 0 saturated heterocycles. The van der Waals surface area contributed by atoms with Gasteiger partial charge in [0.25, 0.3) is 0 Å². The summed E-state index contributed by atoms with van der Waals surface area (Å²) in [7, 11) is 0. The molecule has 0 heterocycles. The van der Waals surface area contributed by atoms with Crippen LogP contribution in [0.3, 0.4) is 0 Å². The fraction of sp³-hybridized carbons (Fsp3) is 0.815. The van der Waals surface area contributed by atoms with E-state index in [0.29, 0.717) is 17.3 Å². The highest BCUT2D eigenvalue weighted by Gasteiger charge is 2.61. The Bertz CT molecular complexity index is 670. The number of aldehydes is 1. The molecule has 1 nitrogen and oxygen atoms in total. The molecule has 2 saturated carbocycles. The van der Waals surface area contributed by atoms with E-state index in [-0.39, 0.29) is 5.41 Å². The second-order valence-electron chi connectivity index (χ2n) is 11.6. The first-order chi connectivity index (χ1) is 13.3. The lowest BCUT2D eigenvalue weighted by Gasteiger charge is -2.51. The fourth-order valence-electron chi connectivity index (χ4n) is 8.35. The van der Waals surface area contributed by atoms with E-state index in [2.05, 4.69) is 46.8 Å². The van der Waals surface area contributed by atoms with Gasteiger partial charge in [-0.1, -0.05) is 66.0 Å². The standard InChI is InChI=1S/C27H42O/c1-18(2)9-8-10-19(3)21-12-13-23-25-20(17-28)22-11-6-7-15-26(22,4)24(25)14-16-27(21,23)5/h6,11,17-19,21,23-25H,7-10,12-16H2,1-5H3/t19-,21-,23+,24+,25+,26+,27-/m1/s1. The van der Waals surface area contributed by atoms with Crippen molar-refractivity contribution in [2.24, 2.45) is 46.3 Å². The molecule has 7 atom stereocenters. The van der Waals surface area contributed by atoms with Crippen LogP contribution in [0.15, 0.2) is 23.3 Å². The maximum absolute atomic E-state index is 12.3. The van der Waals surface area contributed by atoms with E-state index in [0.717, 1.165) is 23.7 Å². The van der Waals surface area contributed by atoms with Gasteiger partial charge in [0, 0.05) is 0 Å². The fourth-order valence-corrected chi connectivity index (χ4v) is 8.35. The van der Waals surface area contributed by atoms with Gasteiger partial charge in [-0.3, -0.25) is 4.79 Å². The summed E-state index contributed by atoms with van der Waals surface area (Å²) in [6.45, 7) is 12.3.